The maximum absolute atomic E-state index is 11.9. The van der Waals surface area contributed by atoms with Gasteiger partial charge < -0.3 is 15.4 Å². The summed E-state index contributed by atoms with van der Waals surface area (Å²) in [5.41, 5.74) is 0.391. The monoisotopic (exact) mass is 431 g/mol. The van der Waals surface area contributed by atoms with Crippen molar-refractivity contribution in [2.24, 2.45) is 0 Å². The van der Waals surface area contributed by atoms with Crippen LogP contribution in [0.3, 0.4) is 0 Å². The highest BCUT2D eigenvalue weighted by atomic mass is 79.9. The number of rotatable bonds is 6. The summed E-state index contributed by atoms with van der Waals surface area (Å²) in [6.07, 6.45) is -4.56. The second-order valence-corrected chi connectivity index (χ2v) is 5.69. The molecule has 0 unspecified atom stereocenters. The fourth-order valence-corrected chi connectivity index (χ4v) is 2.48. The average Bonchev–Trinajstić information content (AvgIpc) is 2.45. The first-order chi connectivity index (χ1) is 11.1. The SMILES string of the molecule is CCOc1c(Br)cc(Cl)cc1NCC(=O)NC(=O)NCC(F)(F)F. The van der Waals surface area contributed by atoms with Gasteiger partial charge in [-0.15, -0.1) is 0 Å². The summed E-state index contributed by atoms with van der Waals surface area (Å²) in [6.45, 7) is 0.227. The van der Waals surface area contributed by atoms with E-state index in [0.29, 0.717) is 27.5 Å². The molecule has 0 fully saturated rings. The molecule has 0 aliphatic carbocycles. The van der Waals surface area contributed by atoms with E-state index in [9.17, 15) is 22.8 Å². The maximum atomic E-state index is 11.9. The first-order valence-electron chi connectivity index (χ1n) is 6.62. The van der Waals surface area contributed by atoms with E-state index in [1.807, 2.05) is 0 Å². The van der Waals surface area contributed by atoms with Crippen molar-refractivity contribution in [3.8, 4) is 5.75 Å². The van der Waals surface area contributed by atoms with Gasteiger partial charge in [-0.3, -0.25) is 10.1 Å². The van der Waals surface area contributed by atoms with Gasteiger partial charge in [-0.05, 0) is 35.0 Å². The van der Waals surface area contributed by atoms with Crippen LogP contribution in [0.1, 0.15) is 6.92 Å². The molecule has 0 aliphatic heterocycles. The zero-order valence-electron chi connectivity index (χ0n) is 12.4. The van der Waals surface area contributed by atoms with Crippen LogP contribution in [-0.4, -0.2) is 37.8 Å². The van der Waals surface area contributed by atoms with Gasteiger partial charge >= 0.3 is 12.2 Å². The van der Waals surface area contributed by atoms with Gasteiger partial charge in [0.15, 0.2) is 5.75 Å². The Balaban J connectivity index is 2.60. The highest BCUT2D eigenvalue weighted by Crippen LogP contribution is 2.36. The van der Waals surface area contributed by atoms with Crippen molar-refractivity contribution in [3.63, 3.8) is 0 Å². The molecule has 0 saturated carbocycles. The van der Waals surface area contributed by atoms with E-state index in [0.717, 1.165) is 0 Å². The summed E-state index contributed by atoms with van der Waals surface area (Å²) < 4.78 is 41.8. The molecule has 1 aromatic carbocycles. The van der Waals surface area contributed by atoms with E-state index in [1.54, 1.807) is 18.3 Å². The van der Waals surface area contributed by atoms with Crippen molar-refractivity contribution in [2.75, 3.05) is 25.0 Å². The Labute approximate surface area is 149 Å². The number of imide groups is 1. The fourth-order valence-electron chi connectivity index (χ4n) is 1.55. The highest BCUT2D eigenvalue weighted by molar-refractivity contribution is 9.10. The number of alkyl halides is 3. The van der Waals surface area contributed by atoms with E-state index >= 15 is 0 Å². The standard InChI is InChI=1S/C13H14BrClF3N3O3/c1-2-24-11-8(14)3-7(15)4-9(11)19-5-10(22)21-12(23)20-6-13(16,17)18/h3-4,19H,2,5-6H2,1H3,(H2,20,21,22,23). The lowest BCUT2D eigenvalue weighted by atomic mass is 10.3. The lowest BCUT2D eigenvalue weighted by Crippen LogP contribution is -2.45. The average molecular weight is 433 g/mol. The van der Waals surface area contributed by atoms with Gasteiger partial charge in [0.1, 0.15) is 6.54 Å². The minimum Gasteiger partial charge on any atom is -0.491 e. The third-order valence-electron chi connectivity index (χ3n) is 2.44. The van der Waals surface area contributed by atoms with Crippen LogP contribution in [0.25, 0.3) is 0 Å². The number of carbonyl (C=O) groups is 2. The molecule has 0 aliphatic rings. The van der Waals surface area contributed by atoms with Crippen LogP contribution >= 0.6 is 27.5 Å². The van der Waals surface area contributed by atoms with Crippen molar-refractivity contribution >= 4 is 45.2 Å². The number of halogens is 5. The smallest absolute Gasteiger partial charge is 0.405 e. The third-order valence-corrected chi connectivity index (χ3v) is 3.25. The number of benzene rings is 1. The lowest BCUT2D eigenvalue weighted by Gasteiger charge is -2.14. The number of hydrogen-bond donors (Lipinski definition) is 3. The van der Waals surface area contributed by atoms with Crippen LogP contribution in [0.4, 0.5) is 23.7 Å². The van der Waals surface area contributed by atoms with Crippen LogP contribution in [0.5, 0.6) is 5.75 Å². The molecule has 134 valence electrons. The summed E-state index contributed by atoms with van der Waals surface area (Å²) in [7, 11) is 0. The number of anilines is 1. The Bertz CT molecular complexity index is 614. The maximum Gasteiger partial charge on any atom is 0.405 e. The predicted octanol–water partition coefficient (Wildman–Crippen LogP) is 3.30. The summed E-state index contributed by atoms with van der Waals surface area (Å²) in [4.78, 5) is 22.8. The molecule has 0 saturated heterocycles. The van der Waals surface area contributed by atoms with Gasteiger partial charge in [-0.1, -0.05) is 11.6 Å². The largest absolute Gasteiger partial charge is 0.491 e. The van der Waals surface area contributed by atoms with Crippen molar-refractivity contribution in [3.05, 3.63) is 21.6 Å². The zero-order chi connectivity index (χ0) is 18.3. The van der Waals surface area contributed by atoms with Crippen LogP contribution in [0.15, 0.2) is 16.6 Å². The van der Waals surface area contributed by atoms with Crippen LogP contribution in [-0.2, 0) is 4.79 Å². The van der Waals surface area contributed by atoms with E-state index in [2.05, 4.69) is 21.2 Å². The second kappa shape index (κ2) is 8.97. The number of nitrogens with one attached hydrogen (secondary N) is 3. The minimum absolute atomic E-state index is 0.362. The quantitative estimate of drug-likeness (QED) is 0.644. The molecule has 1 rings (SSSR count). The summed E-state index contributed by atoms with van der Waals surface area (Å²) in [5.74, 6) is -0.413. The molecule has 11 heteroatoms. The van der Waals surface area contributed by atoms with Gasteiger partial charge in [-0.2, -0.15) is 13.2 Å². The Hall–Kier alpha value is -1.68. The van der Waals surface area contributed by atoms with E-state index in [-0.39, 0.29) is 6.54 Å². The number of hydrogen-bond acceptors (Lipinski definition) is 4. The molecule has 0 atom stereocenters. The van der Waals surface area contributed by atoms with Gasteiger partial charge in [0.25, 0.3) is 0 Å². The van der Waals surface area contributed by atoms with Crippen LogP contribution in [0, 0.1) is 0 Å². The predicted molar refractivity (Wildman–Crippen MR) is 86.4 cm³/mol. The molecule has 6 nitrogen and oxygen atoms in total. The minimum atomic E-state index is -4.56. The zero-order valence-corrected chi connectivity index (χ0v) is 14.7. The van der Waals surface area contributed by atoms with Crippen molar-refractivity contribution in [1.82, 2.24) is 10.6 Å². The third kappa shape index (κ3) is 7.26. The van der Waals surface area contributed by atoms with Crippen LogP contribution < -0.4 is 20.7 Å². The molecular weight excluding hydrogens is 419 g/mol. The number of carbonyl (C=O) groups excluding carboxylic acids is 2. The molecule has 0 spiro atoms. The topological polar surface area (TPSA) is 79.5 Å². The van der Waals surface area contributed by atoms with E-state index < -0.39 is 24.7 Å². The van der Waals surface area contributed by atoms with E-state index in [1.165, 1.54) is 11.4 Å². The molecule has 0 aromatic heterocycles. The highest BCUT2D eigenvalue weighted by Gasteiger charge is 2.27. The Morgan fingerprint density at radius 2 is 2.00 bits per heavy atom. The van der Waals surface area contributed by atoms with E-state index in [4.69, 9.17) is 16.3 Å². The van der Waals surface area contributed by atoms with Crippen molar-refractivity contribution < 1.29 is 27.5 Å². The number of ether oxygens (including phenoxy) is 1. The molecule has 0 bridgehead atoms. The van der Waals surface area contributed by atoms with Crippen molar-refractivity contribution in [2.45, 2.75) is 13.1 Å². The molecule has 0 radical (unpaired) electrons. The molecule has 1 aromatic rings. The molecule has 24 heavy (non-hydrogen) atoms. The number of urea groups is 1. The molecule has 3 N–H and O–H groups in total. The summed E-state index contributed by atoms with van der Waals surface area (Å²) in [6, 6.07) is 1.87. The molecule has 0 heterocycles. The second-order valence-electron chi connectivity index (χ2n) is 4.40. The Morgan fingerprint density at radius 1 is 1.33 bits per heavy atom. The summed E-state index contributed by atoms with van der Waals surface area (Å²) >= 11 is 9.17. The number of amides is 3. The summed E-state index contributed by atoms with van der Waals surface area (Å²) in [5, 5.41) is 6.37. The molecule has 3 amide bonds. The first-order valence-corrected chi connectivity index (χ1v) is 7.79. The Morgan fingerprint density at radius 3 is 2.58 bits per heavy atom. The fraction of sp³-hybridized carbons (Fsp3) is 0.385. The van der Waals surface area contributed by atoms with Crippen LogP contribution in [0.2, 0.25) is 5.02 Å². The van der Waals surface area contributed by atoms with Gasteiger partial charge in [0.05, 0.1) is 23.3 Å². The van der Waals surface area contributed by atoms with Gasteiger partial charge in [0, 0.05) is 5.02 Å². The van der Waals surface area contributed by atoms with Gasteiger partial charge in [-0.25, -0.2) is 4.79 Å². The van der Waals surface area contributed by atoms with Gasteiger partial charge in [0.2, 0.25) is 5.91 Å². The lowest BCUT2D eigenvalue weighted by molar-refractivity contribution is -0.124. The Kier molecular flexibility index (Phi) is 7.61. The van der Waals surface area contributed by atoms with Crippen molar-refractivity contribution in [1.29, 1.82) is 0 Å². The molecular formula is C13H14BrClF3N3O3. The normalized spacial score (nSPS) is 10.9. The first kappa shape index (κ1) is 20.4.